The molecule has 98 heavy (non-hydrogen) atoms. The van der Waals surface area contributed by atoms with Crippen molar-refractivity contribution in [2.75, 3.05) is 0 Å². The molecule has 12 rings (SSSR count). The van der Waals surface area contributed by atoms with Gasteiger partial charge in [0.25, 0.3) is 0 Å². The molecule has 0 amide bonds. The first-order chi connectivity index (χ1) is 46.3. The second kappa shape index (κ2) is 38.3. The van der Waals surface area contributed by atoms with Gasteiger partial charge in [-0.1, -0.05) is 146 Å². The summed E-state index contributed by atoms with van der Waals surface area (Å²) < 4.78 is 0. The average Bonchev–Trinajstić information content (AvgIpc) is 0.856. The summed E-state index contributed by atoms with van der Waals surface area (Å²) in [5, 5.41) is 71.5. The predicted molar refractivity (Wildman–Crippen MR) is 358 cm³/mol. The molecule has 2 radical (unpaired) electrons. The molecule has 8 aromatic carbocycles. The SMILES string of the molecule is O=C(O)c1ccc(-c2ccccc2C(=O)O)cc1.O=C(O)c1ccc(-c2ccccc2C(=O)O)cc1.O=C(O)c1ccc(-c2ccccc2C(=O)O)cc1.O=C(O)c1ccc(-c2ccccc2C(=O)O)cc1.[Co+2].[Co+2].c1ccc(-c2ccccn2)nc1.c1ccc(-c2ccccn2)nc1. The number of pyridine rings is 4. The summed E-state index contributed by atoms with van der Waals surface area (Å²) >= 11 is 0. The Kier molecular flexibility index (Phi) is 29.7. The van der Waals surface area contributed by atoms with E-state index in [1.165, 1.54) is 72.8 Å². The number of benzene rings is 8. The molecule has 22 heteroatoms. The van der Waals surface area contributed by atoms with Gasteiger partial charge >= 0.3 is 81.3 Å². The Morgan fingerprint density at radius 3 is 0.500 bits per heavy atom. The summed E-state index contributed by atoms with van der Waals surface area (Å²) in [6.07, 6.45) is 7.07. The summed E-state index contributed by atoms with van der Waals surface area (Å²) in [5.41, 5.74) is 10.1. The van der Waals surface area contributed by atoms with Gasteiger partial charge in [-0.2, -0.15) is 0 Å². The molecule has 0 saturated carbocycles. The maximum Gasteiger partial charge on any atom is 2.00 e. The van der Waals surface area contributed by atoms with Crippen LogP contribution in [0.15, 0.2) is 292 Å². The number of carboxylic acids is 8. The van der Waals surface area contributed by atoms with Gasteiger partial charge in [0.15, 0.2) is 0 Å². The maximum absolute atomic E-state index is 11.1. The van der Waals surface area contributed by atoms with Crippen molar-refractivity contribution in [3.8, 4) is 67.3 Å². The molecule has 4 heterocycles. The van der Waals surface area contributed by atoms with Gasteiger partial charge in [-0.05, 0) is 166 Å². The van der Waals surface area contributed by atoms with Crippen LogP contribution in [0.1, 0.15) is 82.9 Å². The molecule has 0 atom stereocenters. The molecule has 12 aromatic rings. The first kappa shape index (κ1) is 75.8. The molecule has 0 aliphatic carbocycles. The molecule has 0 aliphatic rings. The number of hydrogen-bond acceptors (Lipinski definition) is 12. The topological polar surface area (TPSA) is 350 Å². The van der Waals surface area contributed by atoms with Gasteiger partial charge in [-0.3, -0.25) is 19.9 Å². The van der Waals surface area contributed by atoms with E-state index in [9.17, 15) is 38.4 Å². The summed E-state index contributed by atoms with van der Waals surface area (Å²) in [5.74, 6) is -8.05. The minimum atomic E-state index is -1.01. The minimum Gasteiger partial charge on any atom is -0.478 e. The Hall–Kier alpha value is -12.9. The van der Waals surface area contributed by atoms with Crippen molar-refractivity contribution < 1.29 is 113 Å². The fourth-order valence-electron chi connectivity index (χ4n) is 8.91. The number of rotatable bonds is 14. The quantitative estimate of drug-likeness (QED) is 0.0501. The molecule has 0 fully saturated rings. The van der Waals surface area contributed by atoms with Crippen LogP contribution in [0.5, 0.6) is 0 Å². The molecular weight excluding hydrogens is 1340 g/mol. The Morgan fingerprint density at radius 1 is 0.194 bits per heavy atom. The molecule has 0 unspecified atom stereocenters. The van der Waals surface area contributed by atoms with E-state index >= 15 is 0 Å². The van der Waals surface area contributed by atoms with Crippen LogP contribution in [-0.2, 0) is 33.6 Å². The fourth-order valence-corrected chi connectivity index (χ4v) is 8.91. The normalized spacial score (nSPS) is 9.71. The molecular formula is C76H56Co2N4O16+4. The molecule has 4 aromatic heterocycles. The largest absolute Gasteiger partial charge is 2.00 e. The van der Waals surface area contributed by atoms with E-state index in [1.54, 1.807) is 146 Å². The first-order valence-corrected chi connectivity index (χ1v) is 28.6. The summed E-state index contributed by atoms with van der Waals surface area (Å²) in [4.78, 5) is 104. The fraction of sp³-hybridized carbons (Fsp3) is 0. The van der Waals surface area contributed by atoms with E-state index in [0.29, 0.717) is 44.5 Å². The van der Waals surface area contributed by atoms with Crippen LogP contribution >= 0.6 is 0 Å². The van der Waals surface area contributed by atoms with E-state index in [1.807, 2.05) is 72.8 Å². The number of aromatic carboxylic acids is 8. The van der Waals surface area contributed by atoms with E-state index in [4.69, 9.17) is 40.9 Å². The van der Waals surface area contributed by atoms with Crippen molar-refractivity contribution in [3.63, 3.8) is 0 Å². The van der Waals surface area contributed by atoms with E-state index in [-0.39, 0.29) is 78.1 Å². The van der Waals surface area contributed by atoms with Crippen LogP contribution in [0.4, 0.5) is 0 Å². The van der Waals surface area contributed by atoms with Gasteiger partial charge in [-0.15, -0.1) is 0 Å². The Balaban J connectivity index is 0.000000213. The third-order valence-electron chi connectivity index (χ3n) is 13.6. The standard InChI is InChI=1S/4C14H10O4.2C10H8N2.2Co/c4*15-13(16)10-7-5-9(6-8-10)11-3-1-2-4-12(11)14(17)18;2*1-3-7-11-9(5-1)10-6-2-4-8-12-10;;/h4*1-8H,(H,15,16)(H,17,18);2*1-8H;;/q;;;;;;2*+2. The maximum atomic E-state index is 11.1. The van der Waals surface area contributed by atoms with Gasteiger partial charge in [-0.25, -0.2) is 38.4 Å². The zero-order valence-electron chi connectivity index (χ0n) is 51.0. The first-order valence-electron chi connectivity index (χ1n) is 28.6. The number of carbonyl (C=O) groups is 8. The second-order valence-electron chi connectivity index (χ2n) is 19.8. The van der Waals surface area contributed by atoms with E-state index < -0.39 is 47.8 Å². The zero-order chi connectivity index (χ0) is 68.9. The summed E-state index contributed by atoms with van der Waals surface area (Å²) in [7, 11) is 0. The smallest absolute Gasteiger partial charge is 0.478 e. The van der Waals surface area contributed by atoms with Gasteiger partial charge in [0.05, 0.1) is 67.3 Å². The van der Waals surface area contributed by atoms with Gasteiger partial charge in [0.1, 0.15) is 0 Å². The minimum absolute atomic E-state index is 0. The third kappa shape index (κ3) is 22.1. The third-order valence-corrected chi connectivity index (χ3v) is 13.6. The molecule has 20 nitrogen and oxygen atoms in total. The zero-order valence-corrected chi connectivity index (χ0v) is 53.1. The van der Waals surface area contributed by atoms with Gasteiger partial charge in [0.2, 0.25) is 0 Å². The van der Waals surface area contributed by atoms with Crippen LogP contribution in [0.2, 0.25) is 0 Å². The van der Waals surface area contributed by atoms with Crippen LogP contribution in [0.25, 0.3) is 67.3 Å². The van der Waals surface area contributed by atoms with Crippen molar-refractivity contribution in [3.05, 3.63) is 336 Å². The number of aromatic nitrogens is 4. The van der Waals surface area contributed by atoms with Crippen molar-refractivity contribution in [2.45, 2.75) is 0 Å². The number of nitrogens with zero attached hydrogens (tertiary/aromatic N) is 4. The Labute approximate surface area is 580 Å². The average molecular weight is 1400 g/mol. The molecule has 0 spiro atoms. The van der Waals surface area contributed by atoms with Crippen molar-refractivity contribution in [1.82, 2.24) is 19.9 Å². The van der Waals surface area contributed by atoms with Gasteiger partial charge in [0, 0.05) is 24.8 Å². The second-order valence-corrected chi connectivity index (χ2v) is 19.8. The Morgan fingerprint density at radius 2 is 0.357 bits per heavy atom. The van der Waals surface area contributed by atoms with Crippen LogP contribution in [0.3, 0.4) is 0 Å². The summed E-state index contributed by atoms with van der Waals surface area (Å²) in [6, 6.07) is 74.1. The van der Waals surface area contributed by atoms with E-state index in [2.05, 4.69) is 19.9 Å². The molecule has 8 N–H and O–H groups in total. The van der Waals surface area contributed by atoms with Crippen molar-refractivity contribution in [1.29, 1.82) is 0 Å². The molecule has 0 bridgehead atoms. The van der Waals surface area contributed by atoms with Crippen LogP contribution < -0.4 is 0 Å². The van der Waals surface area contributed by atoms with Crippen LogP contribution in [0, 0.1) is 0 Å². The molecule has 490 valence electrons. The van der Waals surface area contributed by atoms with Crippen molar-refractivity contribution in [2.24, 2.45) is 0 Å². The van der Waals surface area contributed by atoms with Crippen molar-refractivity contribution >= 4 is 47.8 Å². The Bertz CT molecular complexity index is 4040. The summed E-state index contributed by atoms with van der Waals surface area (Å²) in [6.45, 7) is 0. The van der Waals surface area contributed by atoms with E-state index in [0.717, 1.165) is 22.8 Å². The van der Waals surface area contributed by atoms with Crippen LogP contribution in [-0.4, -0.2) is 109 Å². The number of hydrogen-bond donors (Lipinski definition) is 8. The number of carboxylic acid groups (broad SMARTS) is 8. The predicted octanol–water partition coefficient (Wildman–Crippen LogP) is 15.3. The molecule has 0 aliphatic heterocycles. The monoisotopic (exact) mass is 1400 g/mol. The molecule has 0 saturated heterocycles. The van der Waals surface area contributed by atoms with Gasteiger partial charge < -0.3 is 40.9 Å².